The van der Waals surface area contributed by atoms with Crippen LogP contribution in [0.5, 0.6) is 0 Å². The van der Waals surface area contributed by atoms with Crippen LogP contribution in [0.25, 0.3) is 0 Å². The Bertz CT molecular complexity index is 131. The van der Waals surface area contributed by atoms with E-state index < -0.39 is 10.8 Å². The molecule has 0 spiro atoms. The van der Waals surface area contributed by atoms with Crippen LogP contribution in [-0.2, 0) is 4.79 Å². The van der Waals surface area contributed by atoms with Crippen LogP contribution in [0.4, 0.5) is 0 Å². The summed E-state index contributed by atoms with van der Waals surface area (Å²) in [5.74, 6) is -0.00648. The molecule has 1 heterocycles. The highest BCUT2D eigenvalue weighted by molar-refractivity contribution is 8.01. The summed E-state index contributed by atoms with van der Waals surface area (Å²) < 4.78 is 0. The summed E-state index contributed by atoms with van der Waals surface area (Å²) in [6, 6.07) is 0. The zero-order valence-corrected chi connectivity index (χ0v) is 5.78. The van der Waals surface area contributed by atoms with Crippen LogP contribution in [0.15, 0.2) is 0 Å². The molecule has 1 unspecified atom stereocenters. The average molecular weight is 147 g/mol. The maximum Gasteiger partial charge on any atom is 0.334 e. The number of carboxylic acid groups (broad SMARTS) is 1. The highest BCUT2D eigenvalue weighted by Crippen LogP contribution is 2.33. The van der Waals surface area contributed by atoms with Crippen LogP contribution in [-0.4, -0.2) is 21.7 Å². The molecule has 0 amide bonds. The van der Waals surface area contributed by atoms with Crippen molar-refractivity contribution in [2.75, 3.05) is 5.75 Å². The number of carbonyl (C=O) groups is 1. The summed E-state index contributed by atoms with van der Waals surface area (Å²) in [5, 5.41) is 8.53. The van der Waals surface area contributed by atoms with E-state index in [2.05, 4.69) is 0 Å². The van der Waals surface area contributed by atoms with Gasteiger partial charge in [-0.3, -0.25) is 0 Å². The van der Waals surface area contributed by atoms with Gasteiger partial charge >= 0.3 is 5.97 Å². The quantitative estimate of drug-likeness (QED) is 0.558. The molecule has 52 valence electrons. The number of rotatable bonds is 1. The predicted octanol–water partition coefficient (Wildman–Crippen LogP) is 0.253. The lowest BCUT2D eigenvalue weighted by molar-refractivity contribution is -0.139. The van der Waals surface area contributed by atoms with Gasteiger partial charge in [0.25, 0.3) is 0 Å². The second-order valence-corrected chi connectivity index (χ2v) is 3.57. The van der Waals surface area contributed by atoms with Gasteiger partial charge in [-0.1, -0.05) is 0 Å². The van der Waals surface area contributed by atoms with E-state index in [1.54, 1.807) is 0 Å². The third kappa shape index (κ3) is 1.19. The SMILES string of the molecule is NC1(C(=O)O)CCCS1. The Hall–Kier alpha value is -0.220. The second kappa shape index (κ2) is 2.19. The lowest BCUT2D eigenvalue weighted by Gasteiger charge is -2.14. The standard InChI is InChI=1S/C5H9NO2S/c6-5(4(7)8)2-1-3-9-5/h1-3,6H2,(H,7,8). The summed E-state index contributed by atoms with van der Waals surface area (Å²) in [5.41, 5.74) is 5.47. The molecule has 0 aromatic carbocycles. The number of hydrogen-bond acceptors (Lipinski definition) is 3. The lowest BCUT2D eigenvalue weighted by Crippen LogP contribution is -2.41. The third-order valence-electron chi connectivity index (χ3n) is 1.41. The maximum atomic E-state index is 10.4. The molecule has 9 heavy (non-hydrogen) atoms. The number of carboxylic acids is 1. The highest BCUT2D eigenvalue weighted by Gasteiger charge is 2.37. The molecule has 3 N–H and O–H groups in total. The number of nitrogens with two attached hydrogens (primary N) is 1. The van der Waals surface area contributed by atoms with E-state index in [9.17, 15) is 4.79 Å². The van der Waals surface area contributed by atoms with Crippen LogP contribution >= 0.6 is 11.8 Å². The van der Waals surface area contributed by atoms with Gasteiger partial charge in [0.05, 0.1) is 0 Å². The predicted molar refractivity (Wildman–Crippen MR) is 36.2 cm³/mol. The van der Waals surface area contributed by atoms with Crippen molar-refractivity contribution in [3.05, 3.63) is 0 Å². The van der Waals surface area contributed by atoms with Crippen LogP contribution in [0.2, 0.25) is 0 Å². The van der Waals surface area contributed by atoms with Crippen LogP contribution in [0.1, 0.15) is 12.8 Å². The molecule has 1 aliphatic heterocycles. The molecular weight excluding hydrogens is 138 g/mol. The zero-order chi connectivity index (χ0) is 6.91. The monoisotopic (exact) mass is 147 g/mol. The third-order valence-corrected chi connectivity index (χ3v) is 2.80. The number of aliphatic carboxylic acids is 1. The average Bonchev–Trinajstić information content (AvgIpc) is 2.16. The van der Waals surface area contributed by atoms with Crippen molar-refractivity contribution in [2.45, 2.75) is 17.7 Å². The fourth-order valence-electron chi connectivity index (χ4n) is 0.830. The van der Waals surface area contributed by atoms with Crippen molar-refractivity contribution >= 4 is 17.7 Å². The van der Waals surface area contributed by atoms with Gasteiger partial charge in [-0.15, -0.1) is 11.8 Å². The molecule has 1 rings (SSSR count). The van der Waals surface area contributed by atoms with E-state index in [0.717, 1.165) is 12.2 Å². The Morgan fingerprint density at radius 1 is 1.78 bits per heavy atom. The molecule has 3 nitrogen and oxygen atoms in total. The van der Waals surface area contributed by atoms with Gasteiger partial charge in [0.2, 0.25) is 0 Å². The molecule has 0 aromatic rings. The van der Waals surface area contributed by atoms with E-state index >= 15 is 0 Å². The fourth-order valence-corrected chi connectivity index (χ4v) is 1.89. The molecular formula is C5H9NO2S. The summed E-state index contributed by atoms with van der Waals surface area (Å²) in [6.45, 7) is 0. The Morgan fingerprint density at radius 3 is 2.67 bits per heavy atom. The fraction of sp³-hybridized carbons (Fsp3) is 0.800. The van der Waals surface area contributed by atoms with Crippen molar-refractivity contribution < 1.29 is 9.90 Å². The first-order chi connectivity index (χ1) is 4.15. The minimum Gasteiger partial charge on any atom is -0.479 e. The van der Waals surface area contributed by atoms with Gasteiger partial charge < -0.3 is 10.8 Å². The van der Waals surface area contributed by atoms with Gasteiger partial charge in [0.1, 0.15) is 0 Å². The smallest absolute Gasteiger partial charge is 0.334 e. The lowest BCUT2D eigenvalue weighted by atomic mass is 10.2. The molecule has 4 heteroatoms. The topological polar surface area (TPSA) is 63.3 Å². The highest BCUT2D eigenvalue weighted by atomic mass is 32.2. The maximum absolute atomic E-state index is 10.4. The molecule has 1 saturated heterocycles. The van der Waals surface area contributed by atoms with E-state index in [4.69, 9.17) is 10.8 Å². The Balaban J connectivity index is 2.61. The Kier molecular flexibility index (Phi) is 1.68. The van der Waals surface area contributed by atoms with E-state index in [1.165, 1.54) is 11.8 Å². The molecule has 0 bridgehead atoms. The van der Waals surface area contributed by atoms with Crippen LogP contribution in [0.3, 0.4) is 0 Å². The molecule has 1 atom stereocenters. The normalized spacial score (nSPS) is 34.8. The first-order valence-corrected chi connectivity index (χ1v) is 3.80. The minimum absolute atomic E-state index is 0.604. The van der Waals surface area contributed by atoms with Gasteiger partial charge in [-0.05, 0) is 18.6 Å². The van der Waals surface area contributed by atoms with E-state index in [-0.39, 0.29) is 0 Å². The van der Waals surface area contributed by atoms with Crippen molar-refractivity contribution in [1.29, 1.82) is 0 Å². The second-order valence-electron chi connectivity index (χ2n) is 2.15. The molecule has 1 fully saturated rings. The number of hydrogen-bond donors (Lipinski definition) is 2. The summed E-state index contributed by atoms with van der Waals surface area (Å²) in [7, 11) is 0. The van der Waals surface area contributed by atoms with Crippen LogP contribution < -0.4 is 5.73 Å². The largest absolute Gasteiger partial charge is 0.479 e. The first kappa shape index (κ1) is 6.89. The zero-order valence-electron chi connectivity index (χ0n) is 4.96. The van der Waals surface area contributed by atoms with Crippen LogP contribution in [0, 0.1) is 0 Å². The minimum atomic E-state index is -0.972. The van der Waals surface area contributed by atoms with Gasteiger partial charge in [-0.2, -0.15) is 0 Å². The summed E-state index contributed by atoms with van der Waals surface area (Å²) >= 11 is 1.33. The van der Waals surface area contributed by atoms with E-state index in [1.807, 2.05) is 0 Å². The van der Waals surface area contributed by atoms with Crippen molar-refractivity contribution in [2.24, 2.45) is 5.73 Å². The summed E-state index contributed by atoms with van der Waals surface area (Å²) in [6.07, 6.45) is 1.53. The molecule has 1 aliphatic rings. The molecule has 0 saturated carbocycles. The first-order valence-electron chi connectivity index (χ1n) is 2.81. The van der Waals surface area contributed by atoms with Crippen molar-refractivity contribution in [1.82, 2.24) is 0 Å². The van der Waals surface area contributed by atoms with Gasteiger partial charge in [0, 0.05) is 0 Å². The van der Waals surface area contributed by atoms with Gasteiger partial charge in [-0.25, -0.2) is 4.79 Å². The Morgan fingerprint density at radius 2 is 2.44 bits per heavy atom. The van der Waals surface area contributed by atoms with Crippen molar-refractivity contribution in [3.63, 3.8) is 0 Å². The van der Waals surface area contributed by atoms with Crippen molar-refractivity contribution in [3.8, 4) is 0 Å². The molecule has 0 radical (unpaired) electrons. The van der Waals surface area contributed by atoms with E-state index in [0.29, 0.717) is 6.42 Å². The summed E-state index contributed by atoms with van der Waals surface area (Å²) in [4.78, 5) is 9.41. The molecule has 0 aliphatic carbocycles. The van der Waals surface area contributed by atoms with Gasteiger partial charge in [0.15, 0.2) is 4.87 Å². The Labute approximate surface area is 57.6 Å². The molecule has 0 aromatic heterocycles. The number of thioether (sulfide) groups is 1.